The number of rotatable bonds is 16. The predicted molar refractivity (Wildman–Crippen MR) is 228 cm³/mol. The van der Waals surface area contributed by atoms with Crippen LogP contribution in [0.4, 0.5) is 11.4 Å². The molecule has 2 atom stereocenters. The predicted octanol–water partition coefficient (Wildman–Crippen LogP) is 12.0. The average molecular weight is 769 g/mol. The number of hydrogen-bond acceptors (Lipinski definition) is 8. The topological polar surface area (TPSA) is 123 Å². The van der Waals surface area contributed by atoms with E-state index < -0.39 is 0 Å². The summed E-state index contributed by atoms with van der Waals surface area (Å²) in [6.07, 6.45) is 1.13. The minimum absolute atomic E-state index is 0.0962. The van der Waals surface area contributed by atoms with Crippen LogP contribution in [-0.2, 0) is 0 Å². The van der Waals surface area contributed by atoms with Gasteiger partial charge >= 0.3 is 0 Å². The molecule has 7 aromatic carbocycles. The first-order valence-corrected chi connectivity index (χ1v) is 19.2. The van der Waals surface area contributed by atoms with Crippen LogP contribution >= 0.6 is 0 Å². The van der Waals surface area contributed by atoms with Crippen molar-refractivity contribution in [3.8, 4) is 34.5 Å². The first-order chi connectivity index (χ1) is 28.2. The van der Waals surface area contributed by atoms with Crippen LogP contribution in [0.3, 0.4) is 0 Å². The van der Waals surface area contributed by atoms with Crippen molar-refractivity contribution in [1.29, 1.82) is 0 Å². The Morgan fingerprint density at radius 1 is 0.414 bits per heavy atom. The average Bonchev–Trinajstić information content (AvgIpc) is 3.26. The molecule has 0 aliphatic carbocycles. The van der Waals surface area contributed by atoms with Crippen LogP contribution in [0.2, 0.25) is 0 Å². The highest BCUT2D eigenvalue weighted by Gasteiger charge is 2.16. The minimum Gasteiger partial charge on any atom is -0.486 e. The second kappa shape index (κ2) is 18.1. The van der Waals surface area contributed by atoms with E-state index in [0.29, 0.717) is 74.5 Å². The Bertz CT molecular complexity index is 2450. The Morgan fingerprint density at radius 3 is 1.17 bits per heavy atom. The van der Waals surface area contributed by atoms with Gasteiger partial charge in [-0.05, 0) is 170 Å². The lowest BCUT2D eigenvalue weighted by atomic mass is 10.0. The number of nitrogen functional groups attached to an aromatic ring is 2. The van der Waals surface area contributed by atoms with Crippen molar-refractivity contribution in [2.24, 2.45) is 0 Å². The maximum Gasteiger partial charge on any atom is 0.193 e. The van der Waals surface area contributed by atoms with Crippen molar-refractivity contribution in [2.75, 3.05) is 11.5 Å². The highest BCUT2D eigenvalue weighted by molar-refractivity contribution is 6.09. The van der Waals surface area contributed by atoms with Gasteiger partial charge in [0.2, 0.25) is 0 Å². The summed E-state index contributed by atoms with van der Waals surface area (Å²) in [6.45, 7) is 4.12. The SMILES string of the molecule is CCC(Oc1ccc(C(=O)c2ccc(Oc3cccc(C(CC)Oc4ccc(C(=O)c5ccc(Oc6ccc(N)cc6)cc5)cc4)c3)cc2)cc1)c1ccc(N)cc1. The zero-order chi connectivity index (χ0) is 40.4. The summed E-state index contributed by atoms with van der Waals surface area (Å²) < 4.78 is 24.6. The fourth-order valence-electron chi connectivity index (χ4n) is 6.45. The number of ether oxygens (including phenoxy) is 4. The standard InChI is InChI=1S/C50H44N2O6/c1-3-47(33-8-18-39(51)19-9-33)57-44-26-14-36(15-27-44)50(54)35-12-24-42(25-13-35)56-46-7-5-6-38(32-46)48(4-2)58-45-28-16-37(17-29-45)49(53)34-10-22-41(23-11-34)55-43-30-20-40(52)21-31-43/h5-32,47-48H,3-4,51-52H2,1-2H3. The van der Waals surface area contributed by atoms with E-state index in [4.69, 9.17) is 30.4 Å². The molecule has 0 heterocycles. The van der Waals surface area contributed by atoms with E-state index in [1.807, 2.05) is 72.8 Å². The molecule has 0 fully saturated rings. The lowest BCUT2D eigenvalue weighted by Gasteiger charge is -2.19. The summed E-state index contributed by atoms with van der Waals surface area (Å²) >= 11 is 0. The van der Waals surface area contributed by atoms with Gasteiger partial charge in [0.25, 0.3) is 0 Å². The first kappa shape index (κ1) is 38.9. The van der Waals surface area contributed by atoms with E-state index in [1.165, 1.54) is 0 Å². The number of ketones is 2. The van der Waals surface area contributed by atoms with E-state index in [9.17, 15) is 9.59 Å². The molecule has 0 saturated carbocycles. The molecule has 0 aromatic heterocycles. The number of benzene rings is 7. The van der Waals surface area contributed by atoms with Crippen molar-refractivity contribution in [1.82, 2.24) is 0 Å². The molecule has 2 unspecified atom stereocenters. The third-order valence-electron chi connectivity index (χ3n) is 9.65. The third kappa shape index (κ3) is 9.72. The molecule has 8 heteroatoms. The Labute approximate surface area is 338 Å². The van der Waals surface area contributed by atoms with Crippen molar-refractivity contribution in [3.05, 3.63) is 203 Å². The number of anilines is 2. The molecule has 4 N–H and O–H groups in total. The normalized spacial score (nSPS) is 11.9. The molecule has 0 amide bonds. The van der Waals surface area contributed by atoms with E-state index in [1.54, 1.807) is 97.1 Å². The quantitative estimate of drug-likeness (QED) is 0.0736. The summed E-state index contributed by atoms with van der Waals surface area (Å²) in [5.41, 5.74) is 17.2. The Morgan fingerprint density at radius 2 is 0.759 bits per heavy atom. The van der Waals surface area contributed by atoms with Crippen molar-refractivity contribution in [2.45, 2.75) is 38.9 Å². The monoisotopic (exact) mass is 768 g/mol. The Balaban J connectivity index is 0.931. The fourth-order valence-corrected chi connectivity index (χ4v) is 6.45. The Kier molecular flexibility index (Phi) is 12.1. The summed E-state index contributed by atoms with van der Waals surface area (Å²) in [5, 5.41) is 0. The van der Waals surface area contributed by atoms with Crippen LogP contribution in [0, 0.1) is 0 Å². The smallest absolute Gasteiger partial charge is 0.193 e. The zero-order valence-electron chi connectivity index (χ0n) is 32.3. The molecule has 0 aliphatic heterocycles. The minimum atomic E-state index is -0.249. The number of carbonyl (C=O) groups is 2. The number of nitrogens with two attached hydrogens (primary N) is 2. The number of hydrogen-bond donors (Lipinski definition) is 2. The lowest BCUT2D eigenvalue weighted by molar-refractivity contribution is 0.103. The van der Waals surface area contributed by atoms with Crippen molar-refractivity contribution in [3.63, 3.8) is 0 Å². The van der Waals surface area contributed by atoms with E-state index in [0.717, 1.165) is 17.5 Å². The van der Waals surface area contributed by atoms with E-state index >= 15 is 0 Å². The van der Waals surface area contributed by atoms with E-state index in [-0.39, 0.29) is 23.8 Å². The van der Waals surface area contributed by atoms with Crippen LogP contribution < -0.4 is 30.4 Å². The fraction of sp³-hybridized carbons (Fsp3) is 0.120. The molecule has 8 nitrogen and oxygen atoms in total. The highest BCUT2D eigenvalue weighted by Crippen LogP contribution is 2.31. The third-order valence-corrected chi connectivity index (χ3v) is 9.65. The van der Waals surface area contributed by atoms with Crippen LogP contribution in [0.5, 0.6) is 34.5 Å². The lowest BCUT2D eigenvalue weighted by Crippen LogP contribution is -2.07. The summed E-state index contributed by atoms with van der Waals surface area (Å²) in [7, 11) is 0. The van der Waals surface area contributed by atoms with Gasteiger partial charge in [0.1, 0.15) is 46.7 Å². The van der Waals surface area contributed by atoms with Crippen LogP contribution in [0.25, 0.3) is 0 Å². The van der Waals surface area contributed by atoms with Gasteiger partial charge < -0.3 is 30.4 Å². The molecule has 0 radical (unpaired) electrons. The zero-order valence-corrected chi connectivity index (χ0v) is 32.3. The molecule has 0 saturated heterocycles. The van der Waals surface area contributed by atoms with Crippen LogP contribution in [0.15, 0.2) is 170 Å². The number of carbonyl (C=O) groups excluding carboxylic acids is 2. The van der Waals surface area contributed by atoms with Gasteiger partial charge in [-0.25, -0.2) is 0 Å². The van der Waals surface area contributed by atoms with Crippen molar-refractivity contribution >= 4 is 22.9 Å². The second-order valence-corrected chi connectivity index (χ2v) is 13.8. The van der Waals surface area contributed by atoms with Gasteiger partial charge in [-0.1, -0.05) is 38.1 Å². The first-order valence-electron chi connectivity index (χ1n) is 19.2. The van der Waals surface area contributed by atoms with E-state index in [2.05, 4.69) is 13.8 Å². The second-order valence-electron chi connectivity index (χ2n) is 13.8. The molecule has 7 aromatic rings. The van der Waals surface area contributed by atoms with Gasteiger partial charge in [-0.15, -0.1) is 0 Å². The molecular formula is C50H44N2O6. The van der Waals surface area contributed by atoms with Crippen LogP contribution in [0.1, 0.15) is 81.9 Å². The summed E-state index contributed by atoms with van der Waals surface area (Å²) in [5.74, 6) is 3.67. The highest BCUT2D eigenvalue weighted by atomic mass is 16.5. The molecule has 0 aliphatic rings. The largest absolute Gasteiger partial charge is 0.486 e. The molecular weight excluding hydrogens is 725 g/mol. The molecule has 290 valence electrons. The summed E-state index contributed by atoms with van der Waals surface area (Å²) in [4.78, 5) is 26.5. The maximum absolute atomic E-state index is 13.3. The van der Waals surface area contributed by atoms with Crippen molar-refractivity contribution < 1.29 is 28.5 Å². The van der Waals surface area contributed by atoms with Crippen LogP contribution in [-0.4, -0.2) is 11.6 Å². The van der Waals surface area contributed by atoms with Gasteiger partial charge in [0, 0.05) is 33.6 Å². The summed E-state index contributed by atoms with van der Waals surface area (Å²) in [6, 6.07) is 51.1. The maximum atomic E-state index is 13.3. The van der Waals surface area contributed by atoms with Gasteiger partial charge in [-0.3, -0.25) is 9.59 Å². The molecule has 0 spiro atoms. The molecule has 58 heavy (non-hydrogen) atoms. The van der Waals surface area contributed by atoms with Gasteiger partial charge in [-0.2, -0.15) is 0 Å². The molecule has 7 rings (SSSR count). The van der Waals surface area contributed by atoms with Gasteiger partial charge in [0.05, 0.1) is 0 Å². The Hall–Kier alpha value is -7.32. The molecule has 0 bridgehead atoms. The van der Waals surface area contributed by atoms with Gasteiger partial charge in [0.15, 0.2) is 11.6 Å².